The zero-order chi connectivity index (χ0) is 35.7. The van der Waals surface area contributed by atoms with Crippen molar-refractivity contribution < 1.29 is 4.42 Å². The molecule has 0 N–H and O–H groups in total. The molecule has 9 rings (SSSR count). The molecule has 6 nitrogen and oxygen atoms in total. The van der Waals surface area contributed by atoms with Crippen LogP contribution in [0.1, 0.15) is 11.1 Å². The minimum atomic E-state index is 0.440. The molecule has 2 aromatic heterocycles. The molecule has 0 saturated heterocycles. The van der Waals surface area contributed by atoms with Gasteiger partial charge in [-0.25, -0.2) is 15.0 Å². The number of rotatable bonds is 6. The topological polar surface area (TPSA) is 99.4 Å². The van der Waals surface area contributed by atoms with Gasteiger partial charge < -0.3 is 4.42 Å². The van der Waals surface area contributed by atoms with Gasteiger partial charge in [0, 0.05) is 21.9 Å². The van der Waals surface area contributed by atoms with Crippen molar-refractivity contribution in [2.24, 2.45) is 0 Å². The van der Waals surface area contributed by atoms with Crippen LogP contribution in [0.25, 0.3) is 89.5 Å². The van der Waals surface area contributed by atoms with E-state index < -0.39 is 0 Å². The van der Waals surface area contributed by atoms with Crippen molar-refractivity contribution in [2.45, 2.75) is 0 Å². The molecule has 0 aliphatic carbocycles. The fourth-order valence-corrected chi connectivity index (χ4v) is 6.82. The fourth-order valence-electron chi connectivity index (χ4n) is 6.82. The van der Waals surface area contributed by atoms with Crippen LogP contribution in [0.3, 0.4) is 0 Å². The maximum Gasteiger partial charge on any atom is 0.168 e. The SMILES string of the molecule is N#Cc1cc(C#N)cc(-c2ccc(-c3ccc4c(oc5ccccc54)c3-c3nc(-c4ccccc4)nc(-c4cccc(-c5ccccc5)c4)n3)cc2)c1. The molecule has 2 heterocycles. The van der Waals surface area contributed by atoms with E-state index in [1.807, 2.05) is 103 Å². The summed E-state index contributed by atoms with van der Waals surface area (Å²) in [5.74, 6) is 1.59. The van der Waals surface area contributed by atoms with E-state index in [0.29, 0.717) is 34.2 Å². The lowest BCUT2D eigenvalue weighted by molar-refractivity contribution is 0.669. The first kappa shape index (κ1) is 31.3. The molecular formula is C47H27N5O. The second-order valence-electron chi connectivity index (χ2n) is 12.7. The highest BCUT2D eigenvalue weighted by molar-refractivity contribution is 6.12. The lowest BCUT2D eigenvalue weighted by Gasteiger charge is -2.14. The minimum absolute atomic E-state index is 0.440. The van der Waals surface area contributed by atoms with Gasteiger partial charge in [0.25, 0.3) is 0 Å². The summed E-state index contributed by atoms with van der Waals surface area (Å²) in [5, 5.41) is 21.1. The van der Waals surface area contributed by atoms with Gasteiger partial charge in [0.05, 0.1) is 28.8 Å². The summed E-state index contributed by atoms with van der Waals surface area (Å²) in [6.07, 6.45) is 0. The van der Waals surface area contributed by atoms with Crippen molar-refractivity contribution >= 4 is 21.9 Å². The van der Waals surface area contributed by atoms with Gasteiger partial charge in [-0.2, -0.15) is 10.5 Å². The summed E-state index contributed by atoms with van der Waals surface area (Å²) in [5.41, 5.74) is 10.5. The molecule has 0 spiro atoms. The predicted octanol–water partition coefficient (Wildman–Crippen LogP) is 11.5. The van der Waals surface area contributed by atoms with E-state index >= 15 is 0 Å². The predicted molar refractivity (Wildman–Crippen MR) is 209 cm³/mol. The van der Waals surface area contributed by atoms with Crippen molar-refractivity contribution in [3.8, 4) is 79.7 Å². The van der Waals surface area contributed by atoms with Crippen LogP contribution in [-0.4, -0.2) is 15.0 Å². The van der Waals surface area contributed by atoms with E-state index in [4.69, 9.17) is 19.4 Å². The van der Waals surface area contributed by atoms with Gasteiger partial charge >= 0.3 is 0 Å². The van der Waals surface area contributed by atoms with Gasteiger partial charge in [0.1, 0.15) is 11.2 Å². The second kappa shape index (κ2) is 13.2. The molecule has 0 aliphatic rings. The van der Waals surface area contributed by atoms with Gasteiger partial charge in [-0.05, 0) is 69.8 Å². The molecule has 0 bridgehead atoms. The average molecular weight is 678 g/mol. The molecule has 0 amide bonds. The summed E-state index contributed by atoms with van der Waals surface area (Å²) in [4.78, 5) is 15.4. The Morgan fingerprint density at radius 3 is 1.68 bits per heavy atom. The van der Waals surface area contributed by atoms with Crippen LogP contribution < -0.4 is 0 Å². The number of para-hydroxylation sites is 1. The number of hydrogen-bond acceptors (Lipinski definition) is 6. The summed E-state index contributed by atoms with van der Waals surface area (Å²) in [6.45, 7) is 0. The lowest BCUT2D eigenvalue weighted by atomic mass is 9.94. The highest BCUT2D eigenvalue weighted by Crippen LogP contribution is 2.42. The molecule has 6 heteroatoms. The zero-order valence-electron chi connectivity index (χ0n) is 28.2. The normalized spacial score (nSPS) is 11.0. The Morgan fingerprint density at radius 1 is 0.396 bits per heavy atom. The Labute approximate surface area is 305 Å². The van der Waals surface area contributed by atoms with Crippen LogP contribution in [0, 0.1) is 22.7 Å². The number of furan rings is 1. The quantitative estimate of drug-likeness (QED) is 0.174. The summed E-state index contributed by atoms with van der Waals surface area (Å²) >= 11 is 0. The molecule has 0 unspecified atom stereocenters. The summed E-state index contributed by atoms with van der Waals surface area (Å²) < 4.78 is 6.65. The number of nitriles is 2. The Balaban J connectivity index is 1.27. The molecule has 0 radical (unpaired) electrons. The first-order chi connectivity index (χ1) is 26.1. The van der Waals surface area contributed by atoms with Gasteiger partial charge in [-0.3, -0.25) is 0 Å². The van der Waals surface area contributed by atoms with Crippen LogP contribution in [0.5, 0.6) is 0 Å². The van der Waals surface area contributed by atoms with Crippen molar-refractivity contribution in [1.82, 2.24) is 15.0 Å². The Hall–Kier alpha value is -7.67. The first-order valence-corrected chi connectivity index (χ1v) is 17.1. The van der Waals surface area contributed by atoms with Crippen molar-refractivity contribution in [3.63, 3.8) is 0 Å². The van der Waals surface area contributed by atoms with E-state index in [1.54, 1.807) is 18.2 Å². The molecule has 0 atom stereocenters. The molecule has 53 heavy (non-hydrogen) atoms. The fraction of sp³-hybridized carbons (Fsp3) is 0. The zero-order valence-corrected chi connectivity index (χ0v) is 28.2. The maximum absolute atomic E-state index is 9.57. The molecule has 0 fully saturated rings. The van der Waals surface area contributed by atoms with Crippen molar-refractivity contribution in [1.29, 1.82) is 10.5 Å². The van der Waals surface area contributed by atoms with E-state index in [2.05, 4.69) is 54.6 Å². The summed E-state index contributed by atoms with van der Waals surface area (Å²) in [7, 11) is 0. The smallest absolute Gasteiger partial charge is 0.168 e. The van der Waals surface area contributed by atoms with E-state index in [9.17, 15) is 10.5 Å². The van der Waals surface area contributed by atoms with Crippen molar-refractivity contribution in [2.75, 3.05) is 0 Å². The second-order valence-corrected chi connectivity index (χ2v) is 12.7. The number of fused-ring (bicyclic) bond motifs is 3. The Kier molecular flexibility index (Phi) is 7.82. The molecular weight excluding hydrogens is 651 g/mol. The number of benzene rings is 7. The van der Waals surface area contributed by atoms with Gasteiger partial charge in [0.15, 0.2) is 17.5 Å². The van der Waals surface area contributed by atoms with Crippen LogP contribution in [0.15, 0.2) is 168 Å². The highest BCUT2D eigenvalue weighted by atomic mass is 16.3. The summed E-state index contributed by atoms with van der Waals surface area (Å²) in [6, 6.07) is 58.3. The molecule has 0 saturated carbocycles. The number of aromatic nitrogens is 3. The van der Waals surface area contributed by atoms with Gasteiger partial charge in [-0.15, -0.1) is 0 Å². The van der Waals surface area contributed by atoms with Crippen LogP contribution in [0.4, 0.5) is 0 Å². The minimum Gasteiger partial charge on any atom is -0.455 e. The van der Waals surface area contributed by atoms with Gasteiger partial charge in [-0.1, -0.05) is 127 Å². The van der Waals surface area contributed by atoms with E-state index in [-0.39, 0.29) is 0 Å². The third kappa shape index (κ3) is 5.87. The highest BCUT2D eigenvalue weighted by Gasteiger charge is 2.22. The van der Waals surface area contributed by atoms with Crippen molar-refractivity contribution in [3.05, 3.63) is 175 Å². The first-order valence-electron chi connectivity index (χ1n) is 17.1. The average Bonchev–Trinajstić information content (AvgIpc) is 3.62. The van der Waals surface area contributed by atoms with Crippen LogP contribution >= 0.6 is 0 Å². The molecule has 7 aromatic carbocycles. The maximum atomic E-state index is 9.57. The number of nitrogens with zero attached hydrogens (tertiary/aromatic N) is 5. The standard InChI is InChI=1S/C47H27N5O/c48-28-30-24-31(29-49)26-38(25-30)33-18-20-34(21-19-33)39-22-23-41-40-16-7-8-17-42(40)53-44(41)43(39)47-51-45(35-12-5-2-6-13-35)50-46(52-47)37-15-9-14-36(27-37)32-10-3-1-4-11-32/h1-27H. The van der Waals surface area contributed by atoms with Gasteiger partial charge in [0.2, 0.25) is 0 Å². The van der Waals surface area contributed by atoms with Crippen LogP contribution in [0.2, 0.25) is 0 Å². The lowest BCUT2D eigenvalue weighted by Crippen LogP contribution is -2.01. The van der Waals surface area contributed by atoms with E-state index in [1.165, 1.54) is 0 Å². The molecule has 246 valence electrons. The van der Waals surface area contributed by atoms with Crippen LogP contribution in [-0.2, 0) is 0 Å². The molecule has 0 aliphatic heterocycles. The third-order valence-electron chi connectivity index (χ3n) is 9.39. The Bertz CT molecular complexity index is 2870. The Morgan fingerprint density at radius 2 is 0.962 bits per heavy atom. The number of hydrogen-bond donors (Lipinski definition) is 0. The third-order valence-corrected chi connectivity index (χ3v) is 9.39. The molecule has 9 aromatic rings. The van der Waals surface area contributed by atoms with E-state index in [0.717, 1.165) is 66.4 Å². The monoisotopic (exact) mass is 677 g/mol. The largest absolute Gasteiger partial charge is 0.455 e.